The van der Waals surface area contributed by atoms with Gasteiger partial charge in [-0.25, -0.2) is 9.97 Å². The molecule has 0 saturated carbocycles. The van der Waals surface area contributed by atoms with E-state index in [0.29, 0.717) is 28.8 Å². The molecule has 3 heterocycles. The first-order valence-electron chi connectivity index (χ1n) is 7.25. The molecule has 0 aliphatic heterocycles. The van der Waals surface area contributed by atoms with Crippen molar-refractivity contribution in [1.82, 2.24) is 15.0 Å². The molecular weight excluding hydrogens is 294 g/mol. The Morgan fingerprint density at radius 3 is 2.52 bits per heavy atom. The fraction of sp³-hybridized carbons (Fsp3) is 0.235. The van der Waals surface area contributed by atoms with Crippen LogP contribution in [0.2, 0.25) is 0 Å². The number of aromatic nitrogens is 3. The van der Waals surface area contributed by atoms with Gasteiger partial charge in [0.15, 0.2) is 5.76 Å². The van der Waals surface area contributed by atoms with Gasteiger partial charge in [0.25, 0.3) is 0 Å². The van der Waals surface area contributed by atoms with E-state index in [2.05, 4.69) is 15.0 Å². The minimum absolute atomic E-state index is 0.0915. The molecule has 0 radical (unpaired) electrons. The first-order valence-corrected chi connectivity index (χ1v) is 7.25. The smallest absolute Gasteiger partial charge is 0.245 e. The van der Waals surface area contributed by atoms with E-state index >= 15 is 0 Å². The van der Waals surface area contributed by atoms with Gasteiger partial charge in [-0.15, -0.1) is 0 Å². The molecule has 0 aliphatic carbocycles. The van der Waals surface area contributed by atoms with E-state index in [-0.39, 0.29) is 6.10 Å². The van der Waals surface area contributed by atoms with Crippen LogP contribution in [-0.2, 0) is 0 Å². The Labute approximate surface area is 134 Å². The number of hydrogen-bond donors (Lipinski definition) is 0. The van der Waals surface area contributed by atoms with E-state index in [1.54, 1.807) is 37.8 Å². The van der Waals surface area contributed by atoms with Gasteiger partial charge in [0.2, 0.25) is 5.89 Å². The summed E-state index contributed by atoms with van der Waals surface area (Å²) in [5.74, 6) is 2.41. The molecule has 0 saturated heterocycles. The molecule has 3 aromatic heterocycles. The summed E-state index contributed by atoms with van der Waals surface area (Å²) in [6.07, 6.45) is 5.02. The van der Waals surface area contributed by atoms with Crippen molar-refractivity contribution >= 4 is 0 Å². The summed E-state index contributed by atoms with van der Waals surface area (Å²) in [5.41, 5.74) is 1.29. The monoisotopic (exact) mass is 311 g/mol. The summed E-state index contributed by atoms with van der Waals surface area (Å²) in [6, 6.07) is 7.24. The molecule has 0 atom stereocenters. The van der Waals surface area contributed by atoms with E-state index in [0.717, 1.165) is 5.75 Å². The summed E-state index contributed by atoms with van der Waals surface area (Å²) >= 11 is 0. The molecule has 0 N–H and O–H groups in total. The Hall–Kier alpha value is -2.89. The summed E-state index contributed by atoms with van der Waals surface area (Å²) in [4.78, 5) is 12.8. The highest BCUT2D eigenvalue weighted by Gasteiger charge is 2.12. The van der Waals surface area contributed by atoms with Crippen LogP contribution in [0.5, 0.6) is 11.5 Å². The third-order valence-electron chi connectivity index (χ3n) is 3.05. The van der Waals surface area contributed by atoms with Crippen LogP contribution in [-0.4, -0.2) is 28.2 Å². The fourth-order valence-corrected chi connectivity index (χ4v) is 2.03. The molecule has 0 unspecified atom stereocenters. The van der Waals surface area contributed by atoms with Crippen molar-refractivity contribution in [3.63, 3.8) is 0 Å². The highest BCUT2D eigenvalue weighted by atomic mass is 16.5. The molecular formula is C17H17N3O3. The predicted octanol–water partition coefficient (Wildman–Crippen LogP) is 3.59. The van der Waals surface area contributed by atoms with E-state index in [4.69, 9.17) is 13.9 Å². The Morgan fingerprint density at radius 1 is 0.957 bits per heavy atom. The van der Waals surface area contributed by atoms with Crippen LogP contribution in [0.4, 0.5) is 0 Å². The van der Waals surface area contributed by atoms with E-state index in [1.807, 2.05) is 26.0 Å². The lowest BCUT2D eigenvalue weighted by atomic mass is 10.3. The number of rotatable bonds is 5. The molecule has 3 aromatic rings. The third kappa shape index (κ3) is 3.48. The molecule has 6 heteroatoms. The van der Waals surface area contributed by atoms with Crippen LogP contribution in [0, 0.1) is 0 Å². The average Bonchev–Trinajstić information content (AvgIpc) is 3.04. The van der Waals surface area contributed by atoms with E-state index in [1.165, 1.54) is 0 Å². The zero-order chi connectivity index (χ0) is 16.2. The number of hydrogen-bond acceptors (Lipinski definition) is 6. The van der Waals surface area contributed by atoms with Crippen LogP contribution in [0.25, 0.3) is 23.0 Å². The molecule has 0 aromatic carbocycles. The summed E-state index contributed by atoms with van der Waals surface area (Å²) in [7, 11) is 1.60. The third-order valence-corrected chi connectivity index (χ3v) is 3.05. The maximum absolute atomic E-state index is 5.76. The SMILES string of the molecule is COc1ccc(-c2cnc(-c3cc(OC(C)C)ccn3)o2)nc1. The second kappa shape index (κ2) is 6.48. The first kappa shape index (κ1) is 15.0. The summed E-state index contributed by atoms with van der Waals surface area (Å²) < 4.78 is 16.5. The molecule has 6 nitrogen and oxygen atoms in total. The number of methoxy groups -OCH3 is 1. The first-order chi connectivity index (χ1) is 11.2. The zero-order valence-corrected chi connectivity index (χ0v) is 13.2. The van der Waals surface area contributed by atoms with Crippen molar-refractivity contribution in [2.24, 2.45) is 0 Å². The summed E-state index contributed by atoms with van der Waals surface area (Å²) in [5, 5.41) is 0. The number of ether oxygens (including phenoxy) is 2. The Bertz CT molecular complexity index is 782. The van der Waals surface area contributed by atoms with Crippen LogP contribution in [0.15, 0.2) is 47.3 Å². The van der Waals surface area contributed by atoms with Gasteiger partial charge in [-0.1, -0.05) is 0 Å². The van der Waals surface area contributed by atoms with Crippen molar-refractivity contribution in [2.75, 3.05) is 7.11 Å². The van der Waals surface area contributed by atoms with Gasteiger partial charge in [0, 0.05) is 12.3 Å². The predicted molar refractivity (Wildman–Crippen MR) is 85.3 cm³/mol. The van der Waals surface area contributed by atoms with Gasteiger partial charge in [-0.2, -0.15) is 0 Å². The van der Waals surface area contributed by atoms with Crippen molar-refractivity contribution in [1.29, 1.82) is 0 Å². The molecule has 23 heavy (non-hydrogen) atoms. The van der Waals surface area contributed by atoms with Crippen molar-refractivity contribution < 1.29 is 13.9 Å². The lowest BCUT2D eigenvalue weighted by Crippen LogP contribution is -2.05. The normalized spacial score (nSPS) is 10.8. The molecule has 0 fully saturated rings. The summed E-state index contributed by atoms with van der Waals surface area (Å²) in [6.45, 7) is 3.94. The standard InChI is InChI=1S/C17H17N3O3/c1-11(2)22-12-6-7-18-15(8-12)17-20-10-16(23-17)14-5-4-13(21-3)9-19-14/h4-11H,1-3H3. The van der Waals surface area contributed by atoms with Gasteiger partial charge in [0.05, 0.1) is 25.6 Å². The maximum atomic E-state index is 5.76. The number of oxazole rings is 1. The highest BCUT2D eigenvalue weighted by molar-refractivity contribution is 5.57. The largest absolute Gasteiger partial charge is 0.495 e. The minimum atomic E-state index is 0.0915. The van der Waals surface area contributed by atoms with Gasteiger partial charge >= 0.3 is 0 Å². The van der Waals surface area contributed by atoms with E-state index < -0.39 is 0 Å². The maximum Gasteiger partial charge on any atom is 0.245 e. The van der Waals surface area contributed by atoms with Gasteiger partial charge in [-0.3, -0.25) is 4.98 Å². The van der Waals surface area contributed by atoms with Crippen molar-refractivity contribution in [2.45, 2.75) is 20.0 Å². The van der Waals surface area contributed by atoms with E-state index in [9.17, 15) is 0 Å². The quantitative estimate of drug-likeness (QED) is 0.717. The van der Waals surface area contributed by atoms with Crippen LogP contribution in [0.1, 0.15) is 13.8 Å². The van der Waals surface area contributed by atoms with Crippen molar-refractivity contribution in [3.05, 3.63) is 42.9 Å². The second-order valence-electron chi connectivity index (χ2n) is 5.16. The fourth-order valence-electron chi connectivity index (χ4n) is 2.03. The molecule has 0 bridgehead atoms. The lowest BCUT2D eigenvalue weighted by Gasteiger charge is -2.09. The Balaban J connectivity index is 1.86. The topological polar surface area (TPSA) is 70.3 Å². The molecule has 3 rings (SSSR count). The molecule has 0 spiro atoms. The van der Waals surface area contributed by atoms with Gasteiger partial charge in [-0.05, 0) is 32.0 Å². The van der Waals surface area contributed by atoms with Crippen LogP contribution < -0.4 is 9.47 Å². The second-order valence-corrected chi connectivity index (χ2v) is 5.16. The number of nitrogens with zero attached hydrogens (tertiary/aromatic N) is 3. The van der Waals surface area contributed by atoms with Crippen molar-refractivity contribution in [3.8, 4) is 34.5 Å². The average molecular weight is 311 g/mol. The van der Waals surface area contributed by atoms with Crippen LogP contribution in [0.3, 0.4) is 0 Å². The van der Waals surface area contributed by atoms with Gasteiger partial charge in [0.1, 0.15) is 22.9 Å². The molecule has 0 amide bonds. The van der Waals surface area contributed by atoms with Crippen LogP contribution >= 0.6 is 0 Å². The molecule has 0 aliphatic rings. The Morgan fingerprint density at radius 2 is 1.83 bits per heavy atom. The lowest BCUT2D eigenvalue weighted by molar-refractivity contribution is 0.242. The van der Waals surface area contributed by atoms with Gasteiger partial charge < -0.3 is 13.9 Å². The highest BCUT2D eigenvalue weighted by Crippen LogP contribution is 2.26. The number of pyridine rings is 2. The molecule has 118 valence electrons. The Kier molecular flexibility index (Phi) is 4.23. The minimum Gasteiger partial charge on any atom is -0.495 e. The zero-order valence-electron chi connectivity index (χ0n) is 13.2.